The van der Waals surface area contributed by atoms with Crippen LogP contribution >= 0.6 is 0 Å². The number of carbonyl (C=O) groups is 1. The molecule has 1 atom stereocenters. The first kappa shape index (κ1) is 25.6. The first-order valence-corrected chi connectivity index (χ1v) is 13.4. The quantitative estimate of drug-likeness (QED) is 0.324. The van der Waals surface area contributed by atoms with Crippen molar-refractivity contribution < 1.29 is 22.9 Å². The van der Waals surface area contributed by atoms with Gasteiger partial charge in [0, 0.05) is 36.6 Å². The Hall–Kier alpha value is -3.50. The third-order valence-electron chi connectivity index (χ3n) is 6.40. The van der Waals surface area contributed by atoms with Crippen LogP contribution in [0.2, 0.25) is 0 Å². The molecule has 9 nitrogen and oxygen atoms in total. The number of sulfone groups is 1. The van der Waals surface area contributed by atoms with Crippen molar-refractivity contribution in [2.75, 3.05) is 26.0 Å². The number of carbonyl (C=O) groups excluding carboxylic acids is 1. The normalized spacial score (nSPS) is 19.0. The van der Waals surface area contributed by atoms with E-state index in [4.69, 9.17) is 4.74 Å². The highest BCUT2D eigenvalue weighted by atomic mass is 32.2. The van der Waals surface area contributed by atoms with E-state index in [9.17, 15) is 23.3 Å². The van der Waals surface area contributed by atoms with Crippen molar-refractivity contribution in [1.82, 2.24) is 10.2 Å². The van der Waals surface area contributed by atoms with Gasteiger partial charge in [-0.15, -0.1) is 0 Å². The minimum Gasteiger partial charge on any atom is -0.461 e. The largest absolute Gasteiger partial charge is 0.461 e. The number of benzene rings is 2. The zero-order valence-electron chi connectivity index (χ0n) is 20.3. The van der Waals surface area contributed by atoms with Gasteiger partial charge in [-0.25, -0.2) is 13.2 Å². The molecule has 0 bridgehead atoms. The summed E-state index contributed by atoms with van der Waals surface area (Å²) in [6, 6.07) is 15.7. The molecule has 0 aromatic heterocycles. The van der Waals surface area contributed by atoms with E-state index in [1.54, 1.807) is 13.0 Å². The Morgan fingerprint density at radius 3 is 2.67 bits per heavy atom. The van der Waals surface area contributed by atoms with Gasteiger partial charge in [0.1, 0.15) is 6.61 Å². The van der Waals surface area contributed by atoms with Crippen LogP contribution in [0.3, 0.4) is 0 Å². The Morgan fingerprint density at radius 1 is 1.19 bits per heavy atom. The summed E-state index contributed by atoms with van der Waals surface area (Å²) in [5.74, 6) is -1.65. The second kappa shape index (κ2) is 10.6. The van der Waals surface area contributed by atoms with Crippen LogP contribution in [0.15, 0.2) is 76.5 Å². The average Bonchev–Trinajstić information content (AvgIpc) is 2.83. The highest BCUT2D eigenvalue weighted by molar-refractivity contribution is 7.95. The number of ether oxygens (including phenoxy) is 1. The summed E-state index contributed by atoms with van der Waals surface area (Å²) in [7, 11) is -1.75. The lowest BCUT2D eigenvalue weighted by Crippen LogP contribution is -2.36. The molecule has 2 aliphatic rings. The monoisotopic (exact) mass is 511 g/mol. The number of hydrogen-bond acceptors (Lipinski definition) is 8. The van der Waals surface area contributed by atoms with E-state index in [1.807, 2.05) is 42.3 Å². The van der Waals surface area contributed by atoms with Gasteiger partial charge in [-0.05, 0) is 37.9 Å². The lowest BCUT2D eigenvalue weighted by atomic mass is 9.85. The van der Waals surface area contributed by atoms with Crippen LogP contribution in [0.5, 0.6) is 0 Å². The molecule has 0 saturated heterocycles. The fourth-order valence-corrected chi connectivity index (χ4v) is 6.62. The first-order valence-electron chi connectivity index (χ1n) is 11.7. The van der Waals surface area contributed by atoms with Crippen molar-refractivity contribution in [2.45, 2.75) is 32.2 Å². The van der Waals surface area contributed by atoms with Crippen LogP contribution < -0.4 is 5.32 Å². The molecule has 0 saturated carbocycles. The van der Waals surface area contributed by atoms with Crippen molar-refractivity contribution in [3.05, 3.63) is 97.7 Å². The number of nitro groups is 1. The van der Waals surface area contributed by atoms with E-state index < -0.39 is 26.6 Å². The van der Waals surface area contributed by atoms with E-state index in [-0.39, 0.29) is 28.5 Å². The maximum absolute atomic E-state index is 13.3. The summed E-state index contributed by atoms with van der Waals surface area (Å²) in [6.45, 7) is 2.98. The SMILES string of the molecule is CC1=C(C(=O)OCCN(C)Cc2ccccc2)C(c2cccc([N+](=O)[O-])c2)C2=C(CCCS2(=O)=O)N1. The number of nitrogens with one attached hydrogen (secondary N) is 1. The zero-order chi connectivity index (χ0) is 25.9. The number of esters is 1. The molecule has 0 amide bonds. The van der Waals surface area contributed by atoms with Gasteiger partial charge in [0.05, 0.1) is 27.1 Å². The molecule has 2 heterocycles. The van der Waals surface area contributed by atoms with Crippen molar-refractivity contribution in [1.29, 1.82) is 0 Å². The predicted octanol–water partition coefficient (Wildman–Crippen LogP) is 3.65. The minimum atomic E-state index is -3.68. The van der Waals surface area contributed by atoms with Crippen LogP contribution in [0, 0.1) is 10.1 Å². The van der Waals surface area contributed by atoms with E-state index in [2.05, 4.69) is 5.32 Å². The number of likely N-dealkylation sites (N-methyl/N-ethyl adjacent to an activating group) is 1. The molecule has 0 aliphatic carbocycles. The molecular weight excluding hydrogens is 482 g/mol. The standard InChI is InChI=1S/C26H29N3O6S/c1-18-23(26(30)35-14-13-28(2)17-19-8-4-3-5-9-19)24(20-10-6-11-21(16-20)29(31)32)25-22(27-18)12-7-15-36(25,33)34/h3-6,8-11,16,24,27H,7,12-15,17H2,1-2H3. The Morgan fingerprint density at radius 2 is 1.94 bits per heavy atom. The average molecular weight is 512 g/mol. The van der Waals surface area contributed by atoms with E-state index >= 15 is 0 Å². The highest BCUT2D eigenvalue weighted by Gasteiger charge is 2.42. The molecule has 0 radical (unpaired) electrons. The molecule has 2 aromatic rings. The summed E-state index contributed by atoms with van der Waals surface area (Å²) < 4.78 is 31.9. The van der Waals surface area contributed by atoms with Crippen molar-refractivity contribution >= 4 is 21.5 Å². The third kappa shape index (κ3) is 5.50. The molecule has 0 spiro atoms. The molecule has 1 N–H and O–H groups in total. The van der Waals surface area contributed by atoms with Gasteiger partial charge in [-0.3, -0.25) is 15.0 Å². The van der Waals surface area contributed by atoms with Crippen molar-refractivity contribution in [2.24, 2.45) is 0 Å². The Bertz CT molecular complexity index is 1330. The number of allylic oxidation sites excluding steroid dienone is 3. The molecule has 190 valence electrons. The van der Waals surface area contributed by atoms with Gasteiger partial charge in [-0.2, -0.15) is 0 Å². The van der Waals surface area contributed by atoms with Gasteiger partial charge in [0.25, 0.3) is 5.69 Å². The molecule has 4 rings (SSSR count). The van der Waals surface area contributed by atoms with E-state index in [0.29, 0.717) is 42.9 Å². The lowest BCUT2D eigenvalue weighted by Gasteiger charge is -2.34. The molecular formula is C26H29N3O6S. The van der Waals surface area contributed by atoms with Crippen LogP contribution in [0.25, 0.3) is 0 Å². The predicted molar refractivity (Wildman–Crippen MR) is 135 cm³/mol. The Labute approximate surface area is 210 Å². The van der Waals surface area contributed by atoms with Crippen LogP contribution in [-0.2, 0) is 25.9 Å². The van der Waals surface area contributed by atoms with Crippen LogP contribution in [0.4, 0.5) is 5.69 Å². The smallest absolute Gasteiger partial charge is 0.336 e. The molecule has 2 aromatic carbocycles. The van der Waals surface area contributed by atoms with Gasteiger partial charge >= 0.3 is 5.97 Å². The topological polar surface area (TPSA) is 119 Å². The van der Waals surface area contributed by atoms with Crippen molar-refractivity contribution in [3.8, 4) is 0 Å². The molecule has 2 aliphatic heterocycles. The summed E-state index contributed by atoms with van der Waals surface area (Å²) in [5, 5.41) is 14.5. The number of nitrogens with zero attached hydrogens (tertiary/aromatic N) is 2. The maximum atomic E-state index is 13.3. The Balaban J connectivity index is 1.60. The summed E-state index contributed by atoms with van der Waals surface area (Å²) >= 11 is 0. The minimum absolute atomic E-state index is 0.0371. The maximum Gasteiger partial charge on any atom is 0.336 e. The first-order chi connectivity index (χ1) is 17.2. The summed E-state index contributed by atoms with van der Waals surface area (Å²) in [5.41, 5.74) is 2.52. The number of dihydropyridines is 1. The Kier molecular flexibility index (Phi) is 7.56. The van der Waals surface area contributed by atoms with Crippen LogP contribution in [0.1, 0.15) is 36.8 Å². The zero-order valence-corrected chi connectivity index (χ0v) is 21.1. The molecule has 1 unspecified atom stereocenters. The summed E-state index contributed by atoms with van der Waals surface area (Å²) in [4.78, 5) is 26.4. The fraction of sp³-hybridized carbons (Fsp3) is 0.346. The van der Waals surface area contributed by atoms with Gasteiger partial charge in [-0.1, -0.05) is 42.5 Å². The van der Waals surface area contributed by atoms with E-state index in [1.165, 1.54) is 18.2 Å². The number of hydrogen-bond donors (Lipinski definition) is 1. The van der Waals surface area contributed by atoms with Crippen LogP contribution in [-0.4, -0.2) is 50.2 Å². The third-order valence-corrected chi connectivity index (χ3v) is 8.38. The number of rotatable bonds is 8. The van der Waals surface area contributed by atoms with Gasteiger partial charge < -0.3 is 10.1 Å². The van der Waals surface area contributed by atoms with E-state index in [0.717, 1.165) is 5.56 Å². The second-order valence-electron chi connectivity index (χ2n) is 9.07. The van der Waals surface area contributed by atoms with Gasteiger partial charge in [0.2, 0.25) is 0 Å². The summed E-state index contributed by atoms with van der Waals surface area (Å²) in [6.07, 6.45) is 0.987. The lowest BCUT2D eigenvalue weighted by molar-refractivity contribution is -0.384. The number of non-ortho nitro benzene ring substituents is 1. The highest BCUT2D eigenvalue weighted by Crippen LogP contribution is 2.44. The second-order valence-corrected chi connectivity index (χ2v) is 11.2. The number of nitro benzene ring substituents is 1. The molecule has 36 heavy (non-hydrogen) atoms. The molecule has 0 fully saturated rings. The fourth-order valence-electron chi connectivity index (χ4n) is 4.73. The molecule has 10 heteroatoms. The van der Waals surface area contributed by atoms with Gasteiger partial charge in [0.15, 0.2) is 9.84 Å². The van der Waals surface area contributed by atoms with Crippen molar-refractivity contribution in [3.63, 3.8) is 0 Å².